The highest BCUT2D eigenvalue weighted by molar-refractivity contribution is 5.84. The monoisotopic (exact) mass is 420 g/mol. The van der Waals surface area contributed by atoms with Gasteiger partial charge in [0.25, 0.3) is 0 Å². The maximum absolute atomic E-state index is 14.6. The molecule has 154 valence electrons. The van der Waals surface area contributed by atoms with E-state index in [9.17, 15) is 17.6 Å². The Hall–Kier alpha value is -3.62. The Bertz CT molecular complexity index is 1310. The minimum atomic E-state index is -0.945. The molecular formula is C26H16F4O. The molecule has 0 radical (unpaired) electrons. The average Bonchev–Trinajstić information content (AvgIpc) is 2.76. The number of benzene rings is 4. The summed E-state index contributed by atoms with van der Waals surface area (Å²) in [5.74, 6) is 1.75. The van der Waals surface area contributed by atoms with Gasteiger partial charge in [0.1, 0.15) is 11.6 Å². The average molecular weight is 420 g/mol. The van der Waals surface area contributed by atoms with E-state index in [-0.39, 0.29) is 10.9 Å². The predicted octanol–water partition coefficient (Wildman–Crippen LogP) is 6.61. The Kier molecular flexibility index (Phi) is 5.75. The minimum absolute atomic E-state index is 0.115. The van der Waals surface area contributed by atoms with E-state index in [1.54, 1.807) is 19.2 Å². The van der Waals surface area contributed by atoms with Gasteiger partial charge in [-0.25, -0.2) is 17.6 Å². The second kappa shape index (κ2) is 8.63. The summed E-state index contributed by atoms with van der Waals surface area (Å²) in [7, 11) is 1.59. The van der Waals surface area contributed by atoms with Gasteiger partial charge in [-0.3, -0.25) is 0 Å². The first-order valence-corrected chi connectivity index (χ1v) is 9.43. The van der Waals surface area contributed by atoms with Crippen molar-refractivity contribution in [2.75, 3.05) is 7.11 Å². The summed E-state index contributed by atoms with van der Waals surface area (Å²) >= 11 is 0. The van der Waals surface area contributed by atoms with Gasteiger partial charge in [0, 0.05) is 18.1 Å². The molecule has 0 bridgehead atoms. The lowest BCUT2D eigenvalue weighted by Crippen LogP contribution is -1.93. The third-order valence-corrected chi connectivity index (χ3v) is 4.88. The van der Waals surface area contributed by atoms with E-state index in [2.05, 4.69) is 11.8 Å². The van der Waals surface area contributed by atoms with Crippen molar-refractivity contribution in [1.82, 2.24) is 0 Å². The summed E-state index contributed by atoms with van der Waals surface area (Å²) in [5.41, 5.74) is 2.08. The number of rotatable bonds is 3. The lowest BCUT2D eigenvalue weighted by atomic mass is 10.0. The van der Waals surface area contributed by atoms with Crippen LogP contribution in [0.1, 0.15) is 16.7 Å². The van der Waals surface area contributed by atoms with E-state index in [1.165, 1.54) is 36.4 Å². The van der Waals surface area contributed by atoms with Crippen LogP contribution in [0.2, 0.25) is 0 Å². The molecule has 0 heterocycles. The lowest BCUT2D eigenvalue weighted by Gasteiger charge is -2.06. The van der Waals surface area contributed by atoms with Crippen molar-refractivity contribution < 1.29 is 22.3 Å². The molecule has 0 atom stereocenters. The maximum Gasteiger partial charge on any atom is 0.166 e. The topological polar surface area (TPSA) is 9.23 Å². The summed E-state index contributed by atoms with van der Waals surface area (Å²) in [6, 6.07) is 16.5. The van der Waals surface area contributed by atoms with Crippen molar-refractivity contribution in [3.63, 3.8) is 0 Å². The smallest absolute Gasteiger partial charge is 0.166 e. The van der Waals surface area contributed by atoms with Crippen LogP contribution in [0.15, 0.2) is 66.7 Å². The van der Waals surface area contributed by atoms with Gasteiger partial charge in [-0.05, 0) is 52.4 Å². The molecule has 4 aromatic carbocycles. The van der Waals surface area contributed by atoms with Gasteiger partial charge in [-0.1, -0.05) is 48.2 Å². The second-order valence-electron chi connectivity index (χ2n) is 6.99. The summed E-state index contributed by atoms with van der Waals surface area (Å²) in [4.78, 5) is 0. The molecule has 0 fully saturated rings. The zero-order valence-electron chi connectivity index (χ0n) is 16.5. The molecule has 0 aliphatic heterocycles. The van der Waals surface area contributed by atoms with Gasteiger partial charge >= 0.3 is 0 Å². The van der Waals surface area contributed by atoms with Gasteiger partial charge < -0.3 is 4.74 Å². The first-order valence-electron chi connectivity index (χ1n) is 9.43. The molecule has 5 heteroatoms. The molecule has 0 saturated heterocycles. The van der Waals surface area contributed by atoms with Crippen molar-refractivity contribution in [2.45, 2.75) is 6.61 Å². The highest BCUT2D eigenvalue weighted by atomic mass is 19.2. The molecule has 4 aromatic rings. The molecular weight excluding hydrogens is 404 g/mol. The van der Waals surface area contributed by atoms with Crippen LogP contribution in [-0.2, 0) is 11.3 Å². The molecule has 0 unspecified atom stereocenters. The van der Waals surface area contributed by atoms with Crippen molar-refractivity contribution in [3.8, 4) is 23.0 Å². The largest absolute Gasteiger partial charge is 0.380 e. The summed E-state index contributed by atoms with van der Waals surface area (Å²) in [5, 5.41) is 0.558. The lowest BCUT2D eigenvalue weighted by molar-refractivity contribution is 0.185. The molecule has 0 N–H and O–H groups in total. The quantitative estimate of drug-likeness (QED) is 0.268. The molecule has 0 saturated carbocycles. The second-order valence-corrected chi connectivity index (χ2v) is 6.99. The third-order valence-electron chi connectivity index (χ3n) is 4.88. The Morgan fingerprint density at radius 2 is 1.42 bits per heavy atom. The highest BCUT2D eigenvalue weighted by Crippen LogP contribution is 2.25. The zero-order chi connectivity index (χ0) is 22.0. The van der Waals surface area contributed by atoms with Crippen LogP contribution < -0.4 is 0 Å². The summed E-state index contributed by atoms with van der Waals surface area (Å²) in [6.07, 6.45) is 0. The van der Waals surface area contributed by atoms with E-state index < -0.39 is 23.3 Å². The standard InChI is InChI=1S/C26H16F4O/c1-31-15-17-2-6-18(7-3-17)20-13-24(28)22(25(29)14-20)10-5-16-4-9-21-19(12-16)8-11-23(27)26(21)30/h2-4,6-9,11-14H,15H2,1H3. The maximum atomic E-state index is 14.6. The van der Waals surface area contributed by atoms with Gasteiger partial charge in [-0.15, -0.1) is 0 Å². The van der Waals surface area contributed by atoms with Crippen LogP contribution in [0.4, 0.5) is 17.6 Å². The van der Waals surface area contributed by atoms with Crippen molar-refractivity contribution in [3.05, 3.63) is 107 Å². The normalized spacial score (nSPS) is 10.7. The third kappa shape index (κ3) is 4.30. The molecule has 0 aromatic heterocycles. The Morgan fingerprint density at radius 3 is 2.10 bits per heavy atom. The fourth-order valence-electron chi connectivity index (χ4n) is 3.30. The van der Waals surface area contributed by atoms with Crippen LogP contribution >= 0.6 is 0 Å². The first-order chi connectivity index (χ1) is 15.0. The van der Waals surface area contributed by atoms with Gasteiger partial charge in [0.05, 0.1) is 12.2 Å². The predicted molar refractivity (Wildman–Crippen MR) is 112 cm³/mol. The Morgan fingerprint density at radius 1 is 0.710 bits per heavy atom. The van der Waals surface area contributed by atoms with E-state index >= 15 is 0 Å². The van der Waals surface area contributed by atoms with Crippen LogP contribution in [0.3, 0.4) is 0 Å². The van der Waals surface area contributed by atoms with Crippen LogP contribution in [0, 0.1) is 35.1 Å². The van der Waals surface area contributed by atoms with Gasteiger partial charge in [0.15, 0.2) is 11.6 Å². The molecule has 31 heavy (non-hydrogen) atoms. The van der Waals surface area contributed by atoms with Crippen molar-refractivity contribution in [2.24, 2.45) is 0 Å². The van der Waals surface area contributed by atoms with E-state index in [0.717, 1.165) is 11.6 Å². The van der Waals surface area contributed by atoms with E-state index in [0.29, 0.717) is 28.7 Å². The van der Waals surface area contributed by atoms with E-state index in [4.69, 9.17) is 4.74 Å². The molecule has 0 amide bonds. The molecule has 0 aliphatic carbocycles. The minimum Gasteiger partial charge on any atom is -0.380 e. The number of hydrogen-bond acceptors (Lipinski definition) is 1. The van der Waals surface area contributed by atoms with Crippen molar-refractivity contribution >= 4 is 10.8 Å². The van der Waals surface area contributed by atoms with Crippen molar-refractivity contribution in [1.29, 1.82) is 0 Å². The van der Waals surface area contributed by atoms with E-state index in [1.807, 2.05) is 12.1 Å². The summed E-state index contributed by atoms with van der Waals surface area (Å²) < 4.78 is 61.4. The number of ether oxygens (including phenoxy) is 1. The number of halogens is 4. The van der Waals surface area contributed by atoms with Crippen LogP contribution in [-0.4, -0.2) is 7.11 Å². The highest BCUT2D eigenvalue weighted by Gasteiger charge is 2.11. The number of hydrogen-bond donors (Lipinski definition) is 0. The molecule has 0 aliphatic rings. The zero-order valence-corrected chi connectivity index (χ0v) is 16.5. The molecule has 0 spiro atoms. The fraction of sp³-hybridized carbons (Fsp3) is 0.0769. The molecule has 1 nitrogen and oxygen atoms in total. The van der Waals surface area contributed by atoms with Crippen LogP contribution in [0.5, 0.6) is 0 Å². The van der Waals surface area contributed by atoms with Crippen LogP contribution in [0.25, 0.3) is 21.9 Å². The van der Waals surface area contributed by atoms with Gasteiger partial charge in [0.2, 0.25) is 0 Å². The summed E-state index contributed by atoms with van der Waals surface area (Å²) in [6.45, 7) is 0.452. The number of methoxy groups -OCH3 is 1. The van der Waals surface area contributed by atoms with Gasteiger partial charge in [-0.2, -0.15) is 0 Å². The molecule has 4 rings (SSSR count). The Balaban J connectivity index is 1.65. The number of fused-ring (bicyclic) bond motifs is 1. The first kappa shape index (κ1) is 20.6. The Labute approximate surface area is 176 Å². The fourth-order valence-corrected chi connectivity index (χ4v) is 3.30. The SMILES string of the molecule is COCc1ccc(-c2cc(F)c(C#Cc3ccc4c(F)c(F)ccc4c3)c(F)c2)cc1.